The van der Waals surface area contributed by atoms with Crippen molar-refractivity contribution in [2.45, 2.75) is 330 Å². The lowest BCUT2D eigenvalue weighted by atomic mass is 9.96. The third kappa shape index (κ3) is 31.5. The molecule has 3 fully saturated rings. The van der Waals surface area contributed by atoms with E-state index in [1.165, 1.54) is 122 Å². The van der Waals surface area contributed by atoms with E-state index in [2.05, 4.69) is 67.8 Å². The summed E-state index contributed by atoms with van der Waals surface area (Å²) < 4.78 is 34.3. The highest BCUT2D eigenvalue weighted by molar-refractivity contribution is 5.76. The van der Waals surface area contributed by atoms with Gasteiger partial charge in [-0.05, 0) is 64.2 Å². The van der Waals surface area contributed by atoms with Gasteiger partial charge < -0.3 is 89.9 Å². The lowest BCUT2D eigenvalue weighted by molar-refractivity contribution is -0.379. The average molecular weight is 1230 g/mol. The van der Waals surface area contributed by atoms with Gasteiger partial charge in [-0.1, -0.05) is 216 Å². The zero-order valence-corrected chi connectivity index (χ0v) is 52.5. The van der Waals surface area contributed by atoms with Crippen LogP contribution in [0.2, 0.25) is 0 Å². The minimum Gasteiger partial charge on any atom is -0.394 e. The lowest BCUT2D eigenvalue weighted by Crippen LogP contribution is -2.66. The maximum Gasteiger partial charge on any atom is 0.220 e. The highest BCUT2D eigenvalue weighted by atomic mass is 16.8. The van der Waals surface area contributed by atoms with Crippen LogP contribution in [0, 0.1) is 0 Å². The van der Waals surface area contributed by atoms with Crippen LogP contribution in [0.25, 0.3) is 0 Å². The summed E-state index contributed by atoms with van der Waals surface area (Å²) in [5.41, 5.74) is 0. The standard InChI is InChI=1S/C67H119NO18/c1-3-5-7-9-11-13-15-17-19-20-21-22-23-24-25-26-27-28-29-31-32-34-36-38-40-42-44-51(72)50(68-55(73)45-43-41-39-37-35-33-30-18-16-14-12-10-8-6-4-2)49-81-65-61(79)58(76)63(53(47-70)83-65)86-67-62(80)59(77)64(54(48-71)84-67)85-66-60(78)57(75)56(74)52(46-69)82-66/h6,8,12,14,18,30,34,36,42,44,50-54,56-67,69-72,74-80H,3-5,7,9-11,13,15-17,19-29,31-33,35,37-41,43,45-49H2,1-2H3,(H,68,73)/b8-6-,14-12-,30-18-,36-34+,44-42+. The molecule has 12 N–H and O–H groups in total. The highest BCUT2D eigenvalue weighted by Crippen LogP contribution is 2.33. The first-order chi connectivity index (χ1) is 41.8. The Hall–Kier alpha value is -2.51. The zero-order chi connectivity index (χ0) is 62.6. The fourth-order valence-electron chi connectivity index (χ4n) is 11.1. The van der Waals surface area contributed by atoms with E-state index < -0.39 is 124 Å². The third-order valence-corrected chi connectivity index (χ3v) is 16.5. The van der Waals surface area contributed by atoms with Gasteiger partial charge in [-0.2, -0.15) is 0 Å². The molecule has 0 bridgehead atoms. The summed E-state index contributed by atoms with van der Waals surface area (Å²) in [6.07, 6.45) is 32.1. The van der Waals surface area contributed by atoms with Gasteiger partial charge in [0.2, 0.25) is 5.91 Å². The molecular weight excluding hydrogens is 1110 g/mol. The first-order valence-electron chi connectivity index (χ1n) is 33.5. The number of aliphatic hydroxyl groups excluding tert-OH is 11. The quantitative estimate of drug-likeness (QED) is 0.0203. The number of amides is 1. The lowest BCUT2D eigenvalue weighted by Gasteiger charge is -2.48. The van der Waals surface area contributed by atoms with Crippen molar-refractivity contribution in [1.29, 1.82) is 0 Å². The first-order valence-corrected chi connectivity index (χ1v) is 33.5. The Morgan fingerprint density at radius 3 is 1.30 bits per heavy atom. The van der Waals surface area contributed by atoms with Crippen molar-refractivity contribution >= 4 is 5.91 Å². The summed E-state index contributed by atoms with van der Waals surface area (Å²) in [5, 5.41) is 120. The maximum atomic E-state index is 13.3. The molecule has 3 heterocycles. The van der Waals surface area contributed by atoms with E-state index in [1.807, 2.05) is 6.08 Å². The van der Waals surface area contributed by atoms with Gasteiger partial charge in [-0.25, -0.2) is 0 Å². The van der Waals surface area contributed by atoms with Crippen LogP contribution in [0.15, 0.2) is 60.8 Å². The maximum absolute atomic E-state index is 13.3. The Bertz CT molecular complexity index is 1800. The number of rotatable bonds is 50. The fourth-order valence-corrected chi connectivity index (χ4v) is 11.1. The highest BCUT2D eigenvalue weighted by Gasteiger charge is 2.53. The summed E-state index contributed by atoms with van der Waals surface area (Å²) >= 11 is 0. The molecule has 3 aliphatic heterocycles. The summed E-state index contributed by atoms with van der Waals surface area (Å²) in [4.78, 5) is 13.3. The van der Waals surface area contributed by atoms with Gasteiger partial charge in [-0.3, -0.25) is 4.79 Å². The van der Waals surface area contributed by atoms with Gasteiger partial charge in [-0.15, -0.1) is 0 Å². The number of unbranched alkanes of at least 4 members (excludes halogenated alkanes) is 26. The summed E-state index contributed by atoms with van der Waals surface area (Å²) in [6.45, 7) is 1.59. The van der Waals surface area contributed by atoms with E-state index in [4.69, 9.17) is 28.4 Å². The monoisotopic (exact) mass is 1230 g/mol. The Morgan fingerprint density at radius 2 is 0.814 bits per heavy atom. The molecule has 3 rings (SSSR count). The number of ether oxygens (including phenoxy) is 6. The van der Waals surface area contributed by atoms with Crippen molar-refractivity contribution in [1.82, 2.24) is 5.32 Å². The van der Waals surface area contributed by atoms with Crippen molar-refractivity contribution in [2.24, 2.45) is 0 Å². The van der Waals surface area contributed by atoms with Crippen LogP contribution in [0.5, 0.6) is 0 Å². The normalized spacial score (nSPS) is 29.2. The molecule has 0 aromatic rings. The molecule has 17 unspecified atom stereocenters. The second kappa shape index (κ2) is 49.2. The molecule has 0 radical (unpaired) electrons. The van der Waals surface area contributed by atoms with Gasteiger partial charge in [0.15, 0.2) is 18.9 Å². The largest absolute Gasteiger partial charge is 0.394 e. The molecular formula is C67H119NO18. The first kappa shape index (κ1) is 77.7. The number of carbonyl (C=O) groups excluding carboxylic acids is 1. The van der Waals surface area contributed by atoms with Crippen molar-refractivity contribution < 1.29 is 89.4 Å². The minimum absolute atomic E-state index is 0.214. The minimum atomic E-state index is -1.98. The van der Waals surface area contributed by atoms with Gasteiger partial charge in [0.25, 0.3) is 0 Å². The third-order valence-electron chi connectivity index (χ3n) is 16.5. The van der Waals surface area contributed by atoms with Crippen LogP contribution >= 0.6 is 0 Å². The Morgan fingerprint density at radius 1 is 0.430 bits per heavy atom. The molecule has 86 heavy (non-hydrogen) atoms. The van der Waals surface area contributed by atoms with Crippen LogP contribution in [0.3, 0.4) is 0 Å². The molecule has 0 aromatic carbocycles. The van der Waals surface area contributed by atoms with Crippen molar-refractivity contribution in [3.63, 3.8) is 0 Å². The summed E-state index contributed by atoms with van der Waals surface area (Å²) in [6, 6.07) is -1.00. The van der Waals surface area contributed by atoms with Gasteiger partial charge in [0.05, 0.1) is 38.6 Å². The number of aliphatic hydroxyl groups is 11. The smallest absolute Gasteiger partial charge is 0.220 e. The zero-order valence-electron chi connectivity index (χ0n) is 52.5. The SMILES string of the molecule is CC/C=C\C/C=C\C/C=C\CCCCCCCC(=O)NC(COC1OC(CO)C(OC2OC(CO)C(OC3OC(CO)C(O)C(O)C3O)C(O)C2O)C(O)C1O)C(O)/C=C/CC/C=C/CCCCCCCCCCCCCCCCCCCCCC. The molecule has 17 atom stereocenters. The van der Waals surface area contributed by atoms with E-state index >= 15 is 0 Å². The number of hydrogen-bond acceptors (Lipinski definition) is 18. The average Bonchev–Trinajstić information content (AvgIpc) is 2.24. The molecule has 0 aromatic heterocycles. The van der Waals surface area contributed by atoms with Crippen LogP contribution < -0.4 is 5.32 Å². The molecule has 3 aliphatic rings. The molecule has 3 saturated heterocycles. The van der Waals surface area contributed by atoms with E-state index in [0.29, 0.717) is 12.8 Å². The molecule has 19 nitrogen and oxygen atoms in total. The number of nitrogens with one attached hydrogen (secondary N) is 1. The molecule has 1 amide bonds. The summed E-state index contributed by atoms with van der Waals surface area (Å²) in [7, 11) is 0. The summed E-state index contributed by atoms with van der Waals surface area (Å²) in [5.74, 6) is -0.303. The van der Waals surface area contributed by atoms with Crippen molar-refractivity contribution in [3.8, 4) is 0 Å². The van der Waals surface area contributed by atoms with Gasteiger partial charge >= 0.3 is 0 Å². The predicted octanol–water partition coefficient (Wildman–Crippen LogP) is 7.99. The molecule has 0 saturated carbocycles. The van der Waals surface area contributed by atoms with Crippen molar-refractivity contribution in [2.75, 3.05) is 26.4 Å². The van der Waals surface area contributed by atoms with E-state index in [9.17, 15) is 61.0 Å². The van der Waals surface area contributed by atoms with Gasteiger partial charge in [0.1, 0.15) is 73.2 Å². The Labute approximate surface area is 515 Å². The van der Waals surface area contributed by atoms with Crippen LogP contribution in [0.1, 0.15) is 226 Å². The molecule has 0 spiro atoms. The molecule has 500 valence electrons. The number of hydrogen-bond donors (Lipinski definition) is 12. The second-order valence-corrected chi connectivity index (χ2v) is 23.9. The fraction of sp³-hybridized carbons (Fsp3) is 0.836. The topological polar surface area (TPSA) is 307 Å². The predicted molar refractivity (Wildman–Crippen MR) is 332 cm³/mol. The number of allylic oxidation sites excluding steroid dienone is 9. The van der Waals surface area contributed by atoms with Crippen LogP contribution in [-0.2, 0) is 33.2 Å². The van der Waals surface area contributed by atoms with E-state index in [0.717, 1.165) is 70.6 Å². The van der Waals surface area contributed by atoms with Crippen LogP contribution in [-0.4, -0.2) is 193 Å². The van der Waals surface area contributed by atoms with Crippen LogP contribution in [0.4, 0.5) is 0 Å². The van der Waals surface area contributed by atoms with Crippen molar-refractivity contribution in [3.05, 3.63) is 60.8 Å². The molecule has 19 heteroatoms. The Kier molecular flexibility index (Phi) is 44.5. The van der Waals surface area contributed by atoms with E-state index in [-0.39, 0.29) is 18.9 Å². The molecule has 0 aliphatic carbocycles. The number of carbonyl (C=O) groups is 1. The second-order valence-electron chi connectivity index (χ2n) is 23.9. The Balaban J connectivity index is 1.46. The van der Waals surface area contributed by atoms with Gasteiger partial charge in [0, 0.05) is 6.42 Å². The van der Waals surface area contributed by atoms with E-state index in [1.54, 1.807) is 6.08 Å².